The third-order valence-electron chi connectivity index (χ3n) is 3.76. The fourth-order valence-electron chi connectivity index (χ4n) is 2.73. The van der Waals surface area contributed by atoms with Crippen molar-refractivity contribution in [2.24, 2.45) is 0 Å². The largest absolute Gasteiger partial charge is 0.480 e. The summed E-state index contributed by atoms with van der Waals surface area (Å²) in [6.45, 7) is 1.14. The molecule has 8 heteroatoms. The maximum Gasteiger partial charge on any atom is 0.327 e. The molecule has 0 amide bonds. The molecule has 1 unspecified atom stereocenters. The number of morpholine rings is 1. The quantitative estimate of drug-likeness (QED) is 0.854. The minimum absolute atomic E-state index is 0.190. The van der Waals surface area contributed by atoms with Crippen LogP contribution in [0.3, 0.4) is 0 Å². The Hall–Kier alpha value is -1.64. The number of para-hydroxylation sites is 1. The first-order valence-corrected chi connectivity index (χ1v) is 8.09. The number of benzene rings is 1. The van der Waals surface area contributed by atoms with Crippen LogP contribution >= 0.6 is 0 Å². The lowest BCUT2D eigenvalue weighted by atomic mass is 10.1. The smallest absolute Gasteiger partial charge is 0.327 e. The van der Waals surface area contributed by atoms with E-state index in [1.54, 1.807) is 24.3 Å². The van der Waals surface area contributed by atoms with Crippen LogP contribution < -0.4 is 4.31 Å². The van der Waals surface area contributed by atoms with Crippen molar-refractivity contribution in [3.05, 3.63) is 29.8 Å². The minimum atomic E-state index is -3.86. The molecule has 2 aliphatic heterocycles. The summed E-state index contributed by atoms with van der Waals surface area (Å²) < 4.78 is 33.1. The Labute approximate surface area is 122 Å². The van der Waals surface area contributed by atoms with Crippen LogP contribution in [0.1, 0.15) is 5.56 Å². The van der Waals surface area contributed by atoms with Gasteiger partial charge in [0.2, 0.25) is 0 Å². The molecule has 1 saturated heterocycles. The first kappa shape index (κ1) is 14.3. The third kappa shape index (κ3) is 2.39. The predicted molar refractivity (Wildman–Crippen MR) is 75.4 cm³/mol. The summed E-state index contributed by atoms with van der Waals surface area (Å²) in [5.41, 5.74) is 1.19. The van der Waals surface area contributed by atoms with Gasteiger partial charge in [0, 0.05) is 19.5 Å². The molecule has 1 aromatic rings. The van der Waals surface area contributed by atoms with E-state index in [9.17, 15) is 18.3 Å². The molecule has 1 fully saturated rings. The normalized spacial score (nSPS) is 23.0. The fraction of sp³-hybridized carbons (Fsp3) is 0.462. The molecule has 7 nitrogen and oxygen atoms in total. The first-order valence-electron chi connectivity index (χ1n) is 6.70. The van der Waals surface area contributed by atoms with Crippen molar-refractivity contribution in [2.45, 2.75) is 12.5 Å². The molecule has 114 valence electrons. The lowest BCUT2D eigenvalue weighted by Crippen LogP contribution is -2.52. The Kier molecular flexibility index (Phi) is 3.60. The Morgan fingerprint density at radius 3 is 2.57 bits per heavy atom. The Bertz CT molecular complexity index is 654. The number of carbonyl (C=O) groups is 1. The lowest BCUT2D eigenvalue weighted by molar-refractivity contribution is -0.138. The summed E-state index contributed by atoms with van der Waals surface area (Å²) >= 11 is 0. The SMILES string of the molecule is O=C(O)C1Cc2ccccc2N1S(=O)(=O)N1CCOCC1. The van der Waals surface area contributed by atoms with E-state index in [0.29, 0.717) is 18.9 Å². The van der Waals surface area contributed by atoms with Crippen LogP contribution in [0.4, 0.5) is 5.69 Å². The molecule has 1 atom stereocenters. The van der Waals surface area contributed by atoms with Crippen molar-refractivity contribution in [3.63, 3.8) is 0 Å². The highest BCUT2D eigenvalue weighted by Crippen LogP contribution is 2.35. The summed E-state index contributed by atoms with van der Waals surface area (Å²) in [4.78, 5) is 11.5. The lowest BCUT2D eigenvalue weighted by Gasteiger charge is -2.33. The van der Waals surface area contributed by atoms with E-state index in [-0.39, 0.29) is 19.5 Å². The standard InChI is InChI=1S/C13H16N2O5S/c16-13(17)12-9-10-3-1-2-4-11(10)15(12)21(18,19)14-5-7-20-8-6-14/h1-4,12H,5-9H2,(H,16,17). The Morgan fingerprint density at radius 2 is 1.90 bits per heavy atom. The van der Waals surface area contributed by atoms with Crippen molar-refractivity contribution in [3.8, 4) is 0 Å². The molecular formula is C13H16N2O5S. The predicted octanol–water partition coefficient (Wildman–Crippen LogP) is 0.0793. The molecule has 1 aromatic carbocycles. The van der Waals surface area contributed by atoms with Crippen molar-refractivity contribution in [1.82, 2.24) is 4.31 Å². The second-order valence-electron chi connectivity index (χ2n) is 5.00. The molecule has 0 saturated carbocycles. The van der Waals surface area contributed by atoms with E-state index in [1.165, 1.54) is 4.31 Å². The number of anilines is 1. The average Bonchev–Trinajstić information content (AvgIpc) is 2.88. The highest BCUT2D eigenvalue weighted by molar-refractivity contribution is 7.90. The number of aliphatic carboxylic acids is 1. The van der Waals surface area contributed by atoms with Gasteiger partial charge >= 0.3 is 16.2 Å². The van der Waals surface area contributed by atoms with E-state index in [0.717, 1.165) is 9.87 Å². The summed E-state index contributed by atoms with van der Waals surface area (Å²) in [6, 6.07) is 5.82. The summed E-state index contributed by atoms with van der Waals surface area (Å²) in [5, 5.41) is 9.37. The molecule has 2 aliphatic rings. The maximum atomic E-state index is 12.8. The summed E-state index contributed by atoms with van der Waals surface area (Å²) in [5.74, 6) is -1.14. The van der Waals surface area contributed by atoms with Crippen molar-refractivity contribution >= 4 is 21.9 Å². The van der Waals surface area contributed by atoms with Gasteiger partial charge in [0.1, 0.15) is 6.04 Å². The first-order chi connectivity index (χ1) is 10.0. The Morgan fingerprint density at radius 1 is 1.24 bits per heavy atom. The van der Waals surface area contributed by atoms with E-state index in [1.807, 2.05) is 0 Å². The number of hydrogen-bond acceptors (Lipinski definition) is 4. The zero-order chi connectivity index (χ0) is 15.0. The molecule has 0 aliphatic carbocycles. The molecule has 21 heavy (non-hydrogen) atoms. The van der Waals surface area contributed by atoms with E-state index in [4.69, 9.17) is 4.74 Å². The van der Waals surface area contributed by atoms with Crippen LogP contribution in [0.25, 0.3) is 0 Å². The van der Waals surface area contributed by atoms with Gasteiger partial charge in [0.25, 0.3) is 0 Å². The van der Waals surface area contributed by atoms with Gasteiger partial charge in [-0.1, -0.05) is 18.2 Å². The zero-order valence-corrected chi connectivity index (χ0v) is 12.1. The number of carboxylic acid groups (broad SMARTS) is 1. The number of ether oxygens (including phenoxy) is 1. The number of carboxylic acids is 1. The third-order valence-corrected chi connectivity index (χ3v) is 5.72. The van der Waals surface area contributed by atoms with Gasteiger partial charge in [0.05, 0.1) is 18.9 Å². The Balaban J connectivity index is 2.02. The monoisotopic (exact) mass is 312 g/mol. The van der Waals surface area contributed by atoms with Crippen molar-refractivity contribution in [2.75, 3.05) is 30.6 Å². The molecule has 0 radical (unpaired) electrons. The van der Waals surface area contributed by atoms with Crippen LogP contribution in [0.2, 0.25) is 0 Å². The van der Waals surface area contributed by atoms with E-state index < -0.39 is 22.2 Å². The zero-order valence-electron chi connectivity index (χ0n) is 11.3. The van der Waals surface area contributed by atoms with Crippen LogP contribution in [-0.4, -0.2) is 56.1 Å². The molecule has 3 rings (SSSR count). The molecule has 0 bridgehead atoms. The fourth-order valence-corrected chi connectivity index (χ4v) is 4.50. The highest BCUT2D eigenvalue weighted by Gasteiger charge is 2.44. The number of nitrogens with zero attached hydrogens (tertiary/aromatic N) is 2. The molecule has 0 aromatic heterocycles. The van der Waals surface area contributed by atoms with Gasteiger partial charge in [-0.15, -0.1) is 0 Å². The number of fused-ring (bicyclic) bond motifs is 1. The topological polar surface area (TPSA) is 87.2 Å². The number of rotatable bonds is 3. The second kappa shape index (κ2) is 5.28. The molecule has 1 N–H and O–H groups in total. The van der Waals surface area contributed by atoms with Crippen LogP contribution in [0, 0.1) is 0 Å². The van der Waals surface area contributed by atoms with Crippen molar-refractivity contribution in [1.29, 1.82) is 0 Å². The maximum absolute atomic E-state index is 12.8. The van der Waals surface area contributed by atoms with Gasteiger partial charge < -0.3 is 9.84 Å². The minimum Gasteiger partial charge on any atom is -0.480 e. The summed E-state index contributed by atoms with van der Waals surface area (Å²) in [6.07, 6.45) is 0.190. The van der Waals surface area contributed by atoms with Crippen LogP contribution in [0.15, 0.2) is 24.3 Å². The van der Waals surface area contributed by atoms with Crippen LogP contribution in [0.5, 0.6) is 0 Å². The highest BCUT2D eigenvalue weighted by atomic mass is 32.2. The van der Waals surface area contributed by atoms with Crippen molar-refractivity contribution < 1.29 is 23.1 Å². The van der Waals surface area contributed by atoms with Gasteiger partial charge in [-0.2, -0.15) is 12.7 Å². The van der Waals surface area contributed by atoms with Gasteiger partial charge in [-0.25, -0.2) is 9.10 Å². The van der Waals surface area contributed by atoms with Gasteiger partial charge in [0.15, 0.2) is 0 Å². The molecule has 0 spiro atoms. The summed E-state index contributed by atoms with van der Waals surface area (Å²) in [7, 11) is -3.86. The average molecular weight is 312 g/mol. The molecular weight excluding hydrogens is 296 g/mol. The van der Waals surface area contributed by atoms with Gasteiger partial charge in [-0.3, -0.25) is 0 Å². The van der Waals surface area contributed by atoms with Gasteiger partial charge in [-0.05, 0) is 11.6 Å². The number of hydrogen-bond donors (Lipinski definition) is 1. The van der Waals surface area contributed by atoms with E-state index >= 15 is 0 Å². The molecule has 2 heterocycles. The van der Waals surface area contributed by atoms with Crippen LogP contribution in [-0.2, 0) is 26.2 Å². The van der Waals surface area contributed by atoms with E-state index in [2.05, 4.69) is 0 Å². The second-order valence-corrected chi connectivity index (χ2v) is 6.81.